The van der Waals surface area contributed by atoms with Crippen LogP contribution in [0.2, 0.25) is 0 Å². The highest BCUT2D eigenvalue weighted by Crippen LogP contribution is 2.45. The lowest BCUT2D eigenvalue weighted by Crippen LogP contribution is -2.45. The summed E-state index contributed by atoms with van der Waals surface area (Å²) in [6, 6.07) is 18.0. The first-order chi connectivity index (χ1) is 13.5. The number of carbonyl (C=O) groups excluding carboxylic acids is 1. The lowest BCUT2D eigenvalue weighted by Gasteiger charge is -2.37. The van der Waals surface area contributed by atoms with Gasteiger partial charge in [-0.25, -0.2) is 0 Å². The van der Waals surface area contributed by atoms with E-state index in [2.05, 4.69) is 6.07 Å². The topological polar surface area (TPSA) is 44.1 Å². The van der Waals surface area contributed by atoms with Crippen molar-refractivity contribution in [1.82, 2.24) is 0 Å². The van der Waals surface area contributed by atoms with Gasteiger partial charge in [-0.2, -0.15) is 5.26 Å². The number of nitriles is 1. The number of hydrogen-bond donors (Lipinski definition) is 0. The number of carbonyl (C=O) groups is 1. The van der Waals surface area contributed by atoms with Gasteiger partial charge in [-0.05, 0) is 30.7 Å². The predicted molar refractivity (Wildman–Crippen MR) is 118 cm³/mol. The normalized spacial score (nSPS) is 18.3. The molecule has 146 valence electrons. The molecular weight excluding hydrogens is 411 g/mol. The lowest BCUT2D eigenvalue weighted by molar-refractivity contribution is -0.123. The molecule has 0 bridgehead atoms. The summed E-state index contributed by atoms with van der Waals surface area (Å²) in [5.41, 5.74) is 2.67. The molecule has 0 radical (unpaired) electrons. The van der Waals surface area contributed by atoms with E-state index in [0.717, 1.165) is 34.6 Å². The number of halogens is 2. The summed E-state index contributed by atoms with van der Waals surface area (Å²) in [6.45, 7) is -0.0450. The molecule has 28 heavy (non-hydrogen) atoms. The Balaban J connectivity index is 2.12. The van der Waals surface area contributed by atoms with Crippen LogP contribution < -0.4 is 4.90 Å². The van der Waals surface area contributed by atoms with Crippen molar-refractivity contribution in [2.75, 3.05) is 17.7 Å². The van der Waals surface area contributed by atoms with Crippen LogP contribution in [0.1, 0.15) is 25.7 Å². The van der Waals surface area contributed by atoms with Crippen LogP contribution in [0.15, 0.2) is 53.4 Å². The smallest absolute Gasteiger partial charge is 0.234 e. The molecule has 1 aliphatic carbocycles. The summed E-state index contributed by atoms with van der Waals surface area (Å²) in [5.74, 6) is -0.693. The summed E-state index contributed by atoms with van der Waals surface area (Å²) < 4.78 is -1.09. The molecule has 0 aliphatic heterocycles. The van der Waals surface area contributed by atoms with E-state index in [0.29, 0.717) is 12.8 Å². The van der Waals surface area contributed by atoms with Gasteiger partial charge in [0, 0.05) is 10.5 Å². The van der Waals surface area contributed by atoms with E-state index in [1.807, 2.05) is 54.8 Å². The van der Waals surface area contributed by atoms with Gasteiger partial charge in [0.25, 0.3) is 0 Å². The average Bonchev–Trinajstić information content (AvgIpc) is 2.71. The van der Waals surface area contributed by atoms with E-state index >= 15 is 0 Å². The molecule has 3 rings (SSSR count). The van der Waals surface area contributed by atoms with Crippen LogP contribution in [0.4, 0.5) is 5.69 Å². The SMILES string of the molecule is CSc1cccc(-c2ccccc2)c1N(CC#N)C(=O)C1CCCCC1(Cl)Cl. The number of thioether (sulfide) groups is 1. The molecule has 2 aromatic rings. The number of nitrogens with zero attached hydrogens (tertiary/aromatic N) is 2. The van der Waals surface area contributed by atoms with Gasteiger partial charge in [-0.1, -0.05) is 55.3 Å². The molecule has 1 atom stereocenters. The molecular formula is C22H22Cl2N2OS. The van der Waals surface area contributed by atoms with Crippen LogP contribution in [0, 0.1) is 17.2 Å². The van der Waals surface area contributed by atoms with Crippen LogP contribution in [-0.2, 0) is 4.79 Å². The molecule has 3 nitrogen and oxygen atoms in total. The molecule has 0 heterocycles. The molecule has 0 saturated heterocycles. The zero-order valence-electron chi connectivity index (χ0n) is 15.7. The molecule has 1 aliphatic rings. The number of alkyl halides is 2. The Morgan fingerprint density at radius 1 is 1.21 bits per heavy atom. The number of hydrogen-bond acceptors (Lipinski definition) is 3. The number of benzene rings is 2. The zero-order chi connectivity index (χ0) is 20.1. The van der Waals surface area contributed by atoms with Gasteiger partial charge in [-0.15, -0.1) is 35.0 Å². The Kier molecular flexibility index (Phi) is 6.93. The van der Waals surface area contributed by atoms with Crippen molar-refractivity contribution in [1.29, 1.82) is 5.26 Å². The highest BCUT2D eigenvalue weighted by atomic mass is 35.5. The van der Waals surface area contributed by atoms with E-state index < -0.39 is 10.3 Å². The maximum atomic E-state index is 13.6. The Labute approximate surface area is 180 Å². The maximum absolute atomic E-state index is 13.6. The van der Waals surface area contributed by atoms with Gasteiger partial charge in [0.05, 0.1) is 17.7 Å². The fourth-order valence-electron chi connectivity index (χ4n) is 3.74. The molecule has 1 amide bonds. The molecule has 1 unspecified atom stereocenters. The van der Waals surface area contributed by atoms with Crippen molar-refractivity contribution >= 4 is 46.6 Å². The van der Waals surface area contributed by atoms with E-state index in [9.17, 15) is 10.1 Å². The third-order valence-corrected chi connectivity index (χ3v) is 6.80. The molecule has 1 fully saturated rings. The van der Waals surface area contributed by atoms with Crippen molar-refractivity contribution in [2.24, 2.45) is 5.92 Å². The second-order valence-electron chi connectivity index (χ2n) is 6.86. The fourth-order valence-corrected chi connectivity index (χ4v) is 5.04. The third kappa shape index (κ3) is 4.33. The van der Waals surface area contributed by atoms with Gasteiger partial charge in [0.2, 0.25) is 5.91 Å². The standard InChI is InChI=1S/C22H22Cl2N2OS/c1-28-19-12-7-10-17(16-8-3-2-4-9-16)20(19)26(15-14-25)21(27)18-11-5-6-13-22(18,23)24/h2-4,7-10,12,18H,5-6,11,13,15H2,1H3. The first-order valence-corrected chi connectivity index (χ1v) is 11.3. The van der Waals surface area contributed by atoms with Gasteiger partial charge in [0.1, 0.15) is 10.9 Å². The summed E-state index contributed by atoms with van der Waals surface area (Å²) in [5, 5.41) is 9.48. The van der Waals surface area contributed by atoms with Crippen LogP contribution in [0.5, 0.6) is 0 Å². The Bertz CT molecular complexity index is 880. The highest BCUT2D eigenvalue weighted by molar-refractivity contribution is 7.98. The summed E-state index contributed by atoms with van der Waals surface area (Å²) in [6.07, 6.45) is 5.01. The van der Waals surface area contributed by atoms with Gasteiger partial charge in [-0.3, -0.25) is 9.69 Å². The Morgan fingerprint density at radius 3 is 2.61 bits per heavy atom. The first kappa shape index (κ1) is 21.0. The minimum atomic E-state index is -1.09. The molecule has 1 saturated carbocycles. The summed E-state index contributed by atoms with van der Waals surface area (Å²) >= 11 is 14.6. The summed E-state index contributed by atoms with van der Waals surface area (Å²) in [7, 11) is 0. The summed E-state index contributed by atoms with van der Waals surface area (Å²) in [4.78, 5) is 16.1. The van der Waals surface area contributed by atoms with Crippen molar-refractivity contribution in [3.05, 3.63) is 48.5 Å². The fraction of sp³-hybridized carbons (Fsp3) is 0.364. The number of rotatable bonds is 5. The molecule has 6 heteroatoms. The van der Waals surface area contributed by atoms with Crippen molar-refractivity contribution in [2.45, 2.75) is 34.9 Å². The Hall–Kier alpha value is -1.67. The van der Waals surface area contributed by atoms with Crippen LogP contribution in [0.25, 0.3) is 11.1 Å². The molecule has 2 aromatic carbocycles. The second kappa shape index (κ2) is 9.22. The Morgan fingerprint density at radius 2 is 1.96 bits per heavy atom. The van der Waals surface area contributed by atoms with Gasteiger partial charge >= 0.3 is 0 Å². The molecule has 0 spiro atoms. The van der Waals surface area contributed by atoms with Crippen molar-refractivity contribution in [3.63, 3.8) is 0 Å². The lowest BCUT2D eigenvalue weighted by atomic mass is 9.86. The van der Waals surface area contributed by atoms with Crippen molar-refractivity contribution in [3.8, 4) is 17.2 Å². The zero-order valence-corrected chi connectivity index (χ0v) is 18.0. The number of para-hydroxylation sites is 1. The van der Waals surface area contributed by atoms with Crippen molar-refractivity contribution < 1.29 is 4.79 Å². The molecule has 0 aromatic heterocycles. The van der Waals surface area contributed by atoms with Crippen LogP contribution in [0.3, 0.4) is 0 Å². The average molecular weight is 433 g/mol. The monoisotopic (exact) mass is 432 g/mol. The van der Waals surface area contributed by atoms with E-state index in [4.69, 9.17) is 23.2 Å². The minimum absolute atomic E-state index is 0.0450. The van der Waals surface area contributed by atoms with E-state index in [-0.39, 0.29) is 12.5 Å². The quantitative estimate of drug-likeness (QED) is 0.316. The maximum Gasteiger partial charge on any atom is 0.234 e. The number of anilines is 1. The molecule has 0 N–H and O–H groups in total. The van der Waals surface area contributed by atoms with E-state index in [1.54, 1.807) is 16.7 Å². The largest absolute Gasteiger partial charge is 0.297 e. The predicted octanol–water partition coefficient (Wildman–Crippen LogP) is 6.30. The first-order valence-electron chi connectivity index (χ1n) is 9.28. The third-order valence-electron chi connectivity index (χ3n) is 5.13. The number of amides is 1. The van der Waals surface area contributed by atoms with Gasteiger partial charge < -0.3 is 0 Å². The second-order valence-corrected chi connectivity index (χ2v) is 9.25. The van der Waals surface area contributed by atoms with Crippen LogP contribution >= 0.6 is 35.0 Å². The van der Waals surface area contributed by atoms with Gasteiger partial charge in [0.15, 0.2) is 0 Å². The van der Waals surface area contributed by atoms with E-state index in [1.165, 1.54) is 0 Å². The highest BCUT2D eigenvalue weighted by Gasteiger charge is 2.44. The van der Waals surface area contributed by atoms with Crippen LogP contribution in [-0.4, -0.2) is 23.0 Å². The minimum Gasteiger partial charge on any atom is -0.297 e.